The molecular formula is C16H21N3O3. The van der Waals surface area contributed by atoms with Gasteiger partial charge in [0.15, 0.2) is 0 Å². The topological polar surface area (TPSA) is 98.2 Å². The maximum absolute atomic E-state index is 12.1. The standard InChI is InChI=1S/C16H21N3O3/c1-5-9-6-10(13(21)7-12(9)20)14-11(8-17-19-14)18-15(22)16(2,3)4/h6-8,20-21H,5H2,1-4H3,(H,17,19)(H,18,22). The molecule has 0 aliphatic carbocycles. The molecule has 0 fully saturated rings. The van der Waals surface area contributed by atoms with Crippen LogP contribution in [0.15, 0.2) is 18.3 Å². The molecule has 2 rings (SSSR count). The van der Waals surface area contributed by atoms with E-state index in [0.29, 0.717) is 28.9 Å². The first kappa shape index (κ1) is 15.9. The van der Waals surface area contributed by atoms with Gasteiger partial charge in [-0.1, -0.05) is 27.7 Å². The summed E-state index contributed by atoms with van der Waals surface area (Å²) < 4.78 is 0. The molecule has 4 N–H and O–H groups in total. The number of nitrogens with one attached hydrogen (secondary N) is 2. The monoisotopic (exact) mass is 303 g/mol. The number of rotatable bonds is 3. The number of aromatic amines is 1. The molecule has 22 heavy (non-hydrogen) atoms. The summed E-state index contributed by atoms with van der Waals surface area (Å²) in [6.07, 6.45) is 2.12. The molecule has 0 bridgehead atoms. The fourth-order valence-electron chi connectivity index (χ4n) is 2.00. The highest BCUT2D eigenvalue weighted by molar-refractivity contribution is 5.98. The first-order valence-electron chi connectivity index (χ1n) is 7.14. The number of hydrogen-bond donors (Lipinski definition) is 4. The second-order valence-corrected chi connectivity index (χ2v) is 6.21. The van der Waals surface area contributed by atoms with Gasteiger partial charge in [0.25, 0.3) is 0 Å². The molecular weight excluding hydrogens is 282 g/mol. The van der Waals surface area contributed by atoms with E-state index in [1.807, 2.05) is 27.7 Å². The number of hydrogen-bond acceptors (Lipinski definition) is 4. The number of aryl methyl sites for hydroxylation is 1. The predicted octanol–water partition coefficient (Wildman–Crippen LogP) is 3.03. The number of anilines is 1. The van der Waals surface area contributed by atoms with Gasteiger partial charge in [-0.05, 0) is 18.1 Å². The lowest BCUT2D eigenvalue weighted by atomic mass is 9.95. The van der Waals surface area contributed by atoms with Gasteiger partial charge in [-0.2, -0.15) is 5.10 Å². The van der Waals surface area contributed by atoms with Crippen molar-refractivity contribution in [3.05, 3.63) is 23.9 Å². The van der Waals surface area contributed by atoms with E-state index in [2.05, 4.69) is 15.5 Å². The third kappa shape index (κ3) is 3.05. The second kappa shape index (κ2) is 5.71. The molecule has 0 atom stereocenters. The summed E-state index contributed by atoms with van der Waals surface area (Å²) in [7, 11) is 0. The molecule has 0 unspecified atom stereocenters. The number of carbonyl (C=O) groups is 1. The molecule has 0 radical (unpaired) electrons. The van der Waals surface area contributed by atoms with Gasteiger partial charge >= 0.3 is 0 Å². The van der Waals surface area contributed by atoms with Crippen LogP contribution in [0.2, 0.25) is 0 Å². The van der Waals surface area contributed by atoms with Crippen molar-refractivity contribution in [2.75, 3.05) is 5.32 Å². The van der Waals surface area contributed by atoms with Gasteiger partial charge in [-0.25, -0.2) is 0 Å². The fraction of sp³-hybridized carbons (Fsp3) is 0.375. The Labute approximate surface area is 129 Å². The number of H-pyrrole nitrogens is 1. The average molecular weight is 303 g/mol. The first-order chi connectivity index (χ1) is 10.2. The molecule has 1 heterocycles. The number of nitrogens with zero attached hydrogens (tertiary/aromatic N) is 1. The Morgan fingerprint density at radius 1 is 1.27 bits per heavy atom. The normalized spacial score (nSPS) is 11.5. The van der Waals surface area contributed by atoms with Crippen molar-refractivity contribution >= 4 is 11.6 Å². The smallest absolute Gasteiger partial charge is 0.229 e. The summed E-state index contributed by atoms with van der Waals surface area (Å²) in [5.41, 5.74) is 1.64. The average Bonchev–Trinajstić information content (AvgIpc) is 2.86. The Morgan fingerprint density at radius 3 is 2.55 bits per heavy atom. The highest BCUT2D eigenvalue weighted by atomic mass is 16.3. The predicted molar refractivity (Wildman–Crippen MR) is 84.8 cm³/mol. The van der Waals surface area contributed by atoms with Crippen molar-refractivity contribution in [3.8, 4) is 22.8 Å². The SMILES string of the molecule is CCc1cc(-c2[nH]ncc2NC(=O)C(C)(C)C)c(O)cc1O. The van der Waals surface area contributed by atoms with Gasteiger partial charge in [-0.15, -0.1) is 0 Å². The molecule has 1 aromatic heterocycles. The Balaban J connectivity index is 2.44. The highest BCUT2D eigenvalue weighted by Crippen LogP contribution is 2.37. The van der Waals surface area contributed by atoms with Gasteiger partial charge in [-0.3, -0.25) is 9.89 Å². The van der Waals surface area contributed by atoms with Crippen LogP contribution in [0, 0.1) is 5.41 Å². The molecule has 6 heteroatoms. The lowest BCUT2D eigenvalue weighted by Gasteiger charge is -2.17. The van der Waals surface area contributed by atoms with Crippen LogP contribution in [0.3, 0.4) is 0 Å². The van der Waals surface area contributed by atoms with Crippen molar-refractivity contribution in [2.45, 2.75) is 34.1 Å². The lowest BCUT2D eigenvalue weighted by Crippen LogP contribution is -2.27. The second-order valence-electron chi connectivity index (χ2n) is 6.21. The van der Waals surface area contributed by atoms with E-state index in [-0.39, 0.29) is 17.4 Å². The van der Waals surface area contributed by atoms with Crippen LogP contribution in [0.4, 0.5) is 5.69 Å². The minimum absolute atomic E-state index is 0.0449. The van der Waals surface area contributed by atoms with Gasteiger partial charge in [0, 0.05) is 17.0 Å². The van der Waals surface area contributed by atoms with Crippen molar-refractivity contribution in [2.24, 2.45) is 5.41 Å². The van der Waals surface area contributed by atoms with Crippen molar-refractivity contribution < 1.29 is 15.0 Å². The molecule has 0 aliphatic rings. The molecule has 118 valence electrons. The summed E-state index contributed by atoms with van der Waals surface area (Å²) in [5.74, 6) is -0.183. The quantitative estimate of drug-likeness (QED) is 0.700. The van der Waals surface area contributed by atoms with E-state index < -0.39 is 5.41 Å². The van der Waals surface area contributed by atoms with E-state index in [9.17, 15) is 15.0 Å². The zero-order chi connectivity index (χ0) is 16.5. The number of aromatic nitrogens is 2. The van der Waals surface area contributed by atoms with Crippen molar-refractivity contribution in [1.29, 1.82) is 0 Å². The molecule has 6 nitrogen and oxygen atoms in total. The van der Waals surface area contributed by atoms with Crippen LogP contribution in [0.5, 0.6) is 11.5 Å². The first-order valence-corrected chi connectivity index (χ1v) is 7.14. The molecule has 0 spiro atoms. The third-order valence-electron chi connectivity index (χ3n) is 3.42. The summed E-state index contributed by atoms with van der Waals surface area (Å²) in [6, 6.07) is 2.98. The fourth-order valence-corrected chi connectivity index (χ4v) is 2.00. The van der Waals surface area contributed by atoms with Gasteiger partial charge < -0.3 is 15.5 Å². The summed E-state index contributed by atoms with van der Waals surface area (Å²) >= 11 is 0. The van der Waals surface area contributed by atoms with Crippen LogP contribution < -0.4 is 5.32 Å². The highest BCUT2D eigenvalue weighted by Gasteiger charge is 2.23. The summed E-state index contributed by atoms with van der Waals surface area (Å²) in [4.78, 5) is 12.1. The molecule has 1 amide bonds. The molecule has 0 aliphatic heterocycles. The number of phenolic OH excluding ortho intramolecular Hbond substituents is 2. The van der Waals surface area contributed by atoms with Gasteiger partial charge in [0.1, 0.15) is 11.5 Å². The minimum Gasteiger partial charge on any atom is -0.508 e. The Hall–Kier alpha value is -2.50. The van der Waals surface area contributed by atoms with Crippen molar-refractivity contribution in [1.82, 2.24) is 10.2 Å². The molecule has 0 saturated heterocycles. The molecule has 0 saturated carbocycles. The Morgan fingerprint density at radius 2 is 1.95 bits per heavy atom. The van der Waals surface area contributed by atoms with Gasteiger partial charge in [0.05, 0.1) is 17.6 Å². The zero-order valence-corrected chi connectivity index (χ0v) is 13.2. The maximum atomic E-state index is 12.1. The van der Waals surface area contributed by atoms with Crippen LogP contribution in [0.25, 0.3) is 11.3 Å². The van der Waals surface area contributed by atoms with E-state index in [4.69, 9.17) is 0 Å². The van der Waals surface area contributed by atoms with Crippen molar-refractivity contribution in [3.63, 3.8) is 0 Å². The number of aromatic hydroxyl groups is 2. The number of carbonyl (C=O) groups excluding carboxylic acids is 1. The van der Waals surface area contributed by atoms with E-state index in [1.165, 1.54) is 12.3 Å². The van der Waals surface area contributed by atoms with Crippen LogP contribution >= 0.6 is 0 Å². The van der Waals surface area contributed by atoms with Crippen LogP contribution in [-0.2, 0) is 11.2 Å². The minimum atomic E-state index is -0.542. The number of benzene rings is 1. The van der Waals surface area contributed by atoms with E-state index in [1.54, 1.807) is 6.07 Å². The lowest BCUT2D eigenvalue weighted by molar-refractivity contribution is -0.123. The summed E-state index contributed by atoms with van der Waals surface area (Å²) in [6.45, 7) is 7.35. The van der Waals surface area contributed by atoms with E-state index >= 15 is 0 Å². The third-order valence-corrected chi connectivity index (χ3v) is 3.42. The van der Waals surface area contributed by atoms with Crippen LogP contribution in [-0.4, -0.2) is 26.3 Å². The number of amides is 1. The van der Waals surface area contributed by atoms with E-state index in [0.717, 1.165) is 0 Å². The largest absolute Gasteiger partial charge is 0.508 e. The zero-order valence-electron chi connectivity index (χ0n) is 13.2. The Bertz CT molecular complexity index is 699. The van der Waals surface area contributed by atoms with Crippen LogP contribution in [0.1, 0.15) is 33.3 Å². The Kier molecular flexibility index (Phi) is 4.12. The maximum Gasteiger partial charge on any atom is 0.229 e. The molecule has 1 aromatic carbocycles. The summed E-state index contributed by atoms with van der Waals surface area (Å²) in [5, 5.41) is 29.4. The van der Waals surface area contributed by atoms with Gasteiger partial charge in [0.2, 0.25) is 5.91 Å². The number of phenols is 2. The molecule has 2 aromatic rings.